The van der Waals surface area contributed by atoms with Gasteiger partial charge in [-0.25, -0.2) is 8.42 Å². The molecule has 4 rings (SSSR count). The first kappa shape index (κ1) is 22.8. The molecule has 0 spiro atoms. The SMILES string of the molecule is Cc1ccc(S(=O)(=O)N(CC(=O)Nc2ccc(N3CCCC3=O)cc2)Cc2ccco2)cc1. The lowest BCUT2D eigenvalue weighted by atomic mass is 10.2. The van der Waals surface area contributed by atoms with Crippen LogP contribution in [0.1, 0.15) is 24.2 Å². The van der Waals surface area contributed by atoms with Crippen LogP contribution in [0.2, 0.25) is 0 Å². The minimum absolute atomic E-state index is 0.0767. The molecule has 1 aromatic heterocycles. The highest BCUT2D eigenvalue weighted by Gasteiger charge is 2.28. The molecule has 0 aliphatic carbocycles. The fourth-order valence-electron chi connectivity index (χ4n) is 3.67. The second-order valence-corrected chi connectivity index (χ2v) is 9.85. The third-order valence-electron chi connectivity index (χ3n) is 5.43. The number of furan rings is 1. The fraction of sp³-hybridized carbons (Fsp3) is 0.250. The van der Waals surface area contributed by atoms with Crippen LogP contribution < -0.4 is 10.2 Å². The van der Waals surface area contributed by atoms with E-state index in [0.29, 0.717) is 24.4 Å². The van der Waals surface area contributed by atoms with Gasteiger partial charge < -0.3 is 14.6 Å². The monoisotopic (exact) mass is 467 g/mol. The number of hydrogen-bond acceptors (Lipinski definition) is 5. The number of anilines is 2. The van der Waals surface area contributed by atoms with Gasteiger partial charge in [0.15, 0.2) is 0 Å². The van der Waals surface area contributed by atoms with Crippen LogP contribution in [0.4, 0.5) is 11.4 Å². The van der Waals surface area contributed by atoms with Crippen LogP contribution in [0, 0.1) is 6.92 Å². The van der Waals surface area contributed by atoms with Gasteiger partial charge in [-0.05, 0) is 61.9 Å². The summed E-state index contributed by atoms with van der Waals surface area (Å²) in [7, 11) is -3.94. The lowest BCUT2D eigenvalue weighted by Crippen LogP contribution is -2.37. The quantitative estimate of drug-likeness (QED) is 0.546. The van der Waals surface area contributed by atoms with Crippen LogP contribution in [0.15, 0.2) is 76.2 Å². The van der Waals surface area contributed by atoms with Crippen molar-refractivity contribution in [3.8, 4) is 0 Å². The molecule has 0 radical (unpaired) electrons. The number of benzene rings is 2. The Kier molecular flexibility index (Phi) is 6.62. The van der Waals surface area contributed by atoms with Crippen LogP contribution in [-0.4, -0.2) is 37.6 Å². The molecule has 1 fully saturated rings. The maximum absolute atomic E-state index is 13.2. The highest BCUT2D eigenvalue weighted by Crippen LogP contribution is 2.24. The Hall–Kier alpha value is -3.43. The van der Waals surface area contributed by atoms with Gasteiger partial charge in [0.1, 0.15) is 5.76 Å². The number of aryl methyl sites for hydroxylation is 1. The molecule has 2 amide bonds. The second kappa shape index (κ2) is 9.60. The number of rotatable bonds is 8. The molecule has 2 aromatic carbocycles. The molecular formula is C24H25N3O5S. The van der Waals surface area contributed by atoms with Gasteiger partial charge in [0, 0.05) is 24.3 Å². The standard InChI is InChI=1S/C24H25N3O5S/c1-18-6-12-22(13-7-18)33(30,31)26(16-21-4-3-15-32-21)17-23(28)25-19-8-10-20(11-9-19)27-14-2-5-24(27)29/h3-4,6-13,15H,2,5,14,16-17H2,1H3,(H,25,28). The van der Waals surface area contributed by atoms with E-state index in [1.165, 1.54) is 18.4 Å². The number of amides is 2. The van der Waals surface area contributed by atoms with Crippen molar-refractivity contribution in [1.82, 2.24) is 4.31 Å². The summed E-state index contributed by atoms with van der Waals surface area (Å²) in [6.07, 6.45) is 2.83. The Morgan fingerprint density at radius 1 is 1.09 bits per heavy atom. The first-order chi connectivity index (χ1) is 15.8. The average Bonchev–Trinajstić information content (AvgIpc) is 3.46. The Morgan fingerprint density at radius 3 is 2.42 bits per heavy atom. The number of carbonyl (C=O) groups is 2. The summed E-state index contributed by atoms with van der Waals surface area (Å²) < 4.78 is 32.9. The summed E-state index contributed by atoms with van der Waals surface area (Å²) in [5.74, 6) is 0.0297. The maximum Gasteiger partial charge on any atom is 0.243 e. The van der Waals surface area contributed by atoms with E-state index in [0.717, 1.165) is 22.0 Å². The summed E-state index contributed by atoms with van der Waals surface area (Å²) in [5.41, 5.74) is 2.22. The van der Waals surface area contributed by atoms with E-state index in [1.54, 1.807) is 53.4 Å². The lowest BCUT2D eigenvalue weighted by molar-refractivity contribution is -0.117. The summed E-state index contributed by atoms with van der Waals surface area (Å²) in [6, 6.07) is 16.7. The van der Waals surface area contributed by atoms with Crippen LogP contribution in [-0.2, 0) is 26.2 Å². The van der Waals surface area contributed by atoms with Crippen molar-refractivity contribution in [3.63, 3.8) is 0 Å². The molecule has 0 saturated carbocycles. The Morgan fingerprint density at radius 2 is 1.82 bits per heavy atom. The second-order valence-electron chi connectivity index (χ2n) is 7.91. The van der Waals surface area contributed by atoms with E-state index in [-0.39, 0.29) is 23.9 Å². The highest BCUT2D eigenvalue weighted by molar-refractivity contribution is 7.89. The molecule has 33 heavy (non-hydrogen) atoms. The molecule has 8 nitrogen and oxygen atoms in total. The van der Waals surface area contributed by atoms with Crippen molar-refractivity contribution in [2.75, 3.05) is 23.3 Å². The zero-order valence-electron chi connectivity index (χ0n) is 18.2. The van der Waals surface area contributed by atoms with Gasteiger partial charge in [-0.15, -0.1) is 0 Å². The summed E-state index contributed by atoms with van der Waals surface area (Å²) in [6.45, 7) is 2.09. The predicted molar refractivity (Wildman–Crippen MR) is 124 cm³/mol. The first-order valence-electron chi connectivity index (χ1n) is 10.6. The summed E-state index contributed by atoms with van der Waals surface area (Å²) >= 11 is 0. The number of carbonyl (C=O) groups excluding carboxylic acids is 2. The molecular weight excluding hydrogens is 442 g/mol. The van der Waals surface area contributed by atoms with E-state index in [1.807, 2.05) is 6.92 Å². The third kappa shape index (κ3) is 5.32. The van der Waals surface area contributed by atoms with E-state index < -0.39 is 15.9 Å². The zero-order chi connectivity index (χ0) is 23.4. The molecule has 0 bridgehead atoms. The first-order valence-corrected chi connectivity index (χ1v) is 12.1. The molecule has 9 heteroatoms. The van der Waals surface area contributed by atoms with Crippen molar-refractivity contribution in [2.45, 2.75) is 31.2 Å². The average molecular weight is 468 g/mol. The van der Waals surface area contributed by atoms with Gasteiger partial charge in [0.2, 0.25) is 21.8 Å². The van der Waals surface area contributed by atoms with E-state index in [2.05, 4.69) is 5.32 Å². The van der Waals surface area contributed by atoms with Crippen molar-refractivity contribution in [2.24, 2.45) is 0 Å². The van der Waals surface area contributed by atoms with Gasteiger partial charge in [-0.1, -0.05) is 17.7 Å². The molecule has 0 unspecified atom stereocenters. The molecule has 1 aliphatic heterocycles. The summed E-state index contributed by atoms with van der Waals surface area (Å²) in [4.78, 5) is 26.5. The van der Waals surface area contributed by atoms with Gasteiger partial charge in [-0.2, -0.15) is 4.31 Å². The molecule has 1 aliphatic rings. The van der Waals surface area contributed by atoms with Crippen molar-refractivity contribution >= 4 is 33.2 Å². The number of nitrogens with one attached hydrogen (secondary N) is 1. The van der Waals surface area contributed by atoms with Crippen LogP contribution in [0.25, 0.3) is 0 Å². The molecule has 1 N–H and O–H groups in total. The Labute approximate surface area is 192 Å². The van der Waals surface area contributed by atoms with E-state index >= 15 is 0 Å². The fourth-order valence-corrected chi connectivity index (χ4v) is 5.03. The third-order valence-corrected chi connectivity index (χ3v) is 7.23. The Balaban J connectivity index is 1.49. The predicted octanol–water partition coefficient (Wildman–Crippen LogP) is 3.54. The van der Waals surface area contributed by atoms with Gasteiger partial charge in [0.05, 0.1) is 24.2 Å². The van der Waals surface area contributed by atoms with E-state index in [4.69, 9.17) is 4.42 Å². The number of sulfonamides is 1. The van der Waals surface area contributed by atoms with Crippen molar-refractivity contribution < 1.29 is 22.4 Å². The van der Waals surface area contributed by atoms with Gasteiger partial charge >= 0.3 is 0 Å². The normalized spacial score (nSPS) is 14.1. The van der Waals surface area contributed by atoms with Crippen molar-refractivity contribution in [1.29, 1.82) is 0 Å². The topological polar surface area (TPSA) is 99.9 Å². The largest absolute Gasteiger partial charge is 0.468 e. The molecule has 3 aromatic rings. The minimum atomic E-state index is -3.94. The minimum Gasteiger partial charge on any atom is -0.468 e. The number of hydrogen-bond donors (Lipinski definition) is 1. The number of nitrogens with zero attached hydrogens (tertiary/aromatic N) is 2. The highest BCUT2D eigenvalue weighted by atomic mass is 32.2. The van der Waals surface area contributed by atoms with Crippen molar-refractivity contribution in [3.05, 3.63) is 78.3 Å². The smallest absolute Gasteiger partial charge is 0.243 e. The van der Waals surface area contributed by atoms with Crippen LogP contribution >= 0.6 is 0 Å². The van der Waals surface area contributed by atoms with Crippen LogP contribution in [0.3, 0.4) is 0 Å². The van der Waals surface area contributed by atoms with Gasteiger partial charge in [0.25, 0.3) is 0 Å². The molecule has 0 atom stereocenters. The zero-order valence-corrected chi connectivity index (χ0v) is 19.0. The van der Waals surface area contributed by atoms with Crippen LogP contribution in [0.5, 0.6) is 0 Å². The molecule has 1 saturated heterocycles. The maximum atomic E-state index is 13.2. The van der Waals surface area contributed by atoms with Gasteiger partial charge in [-0.3, -0.25) is 9.59 Å². The Bertz CT molecular complexity index is 1220. The summed E-state index contributed by atoms with van der Waals surface area (Å²) in [5, 5.41) is 2.73. The lowest BCUT2D eigenvalue weighted by Gasteiger charge is -2.21. The molecule has 2 heterocycles. The molecule has 172 valence electrons. The van der Waals surface area contributed by atoms with E-state index in [9.17, 15) is 18.0 Å².